The van der Waals surface area contributed by atoms with Crippen molar-refractivity contribution >= 4 is 17.9 Å². The summed E-state index contributed by atoms with van der Waals surface area (Å²) in [5, 5.41) is 6.54. The molecule has 0 unspecified atom stereocenters. The van der Waals surface area contributed by atoms with Crippen molar-refractivity contribution in [2.45, 2.75) is 44.8 Å². The van der Waals surface area contributed by atoms with Gasteiger partial charge in [-0.25, -0.2) is 9.18 Å². The van der Waals surface area contributed by atoms with Crippen LogP contribution in [0.2, 0.25) is 0 Å². The first-order valence-corrected chi connectivity index (χ1v) is 9.77. The summed E-state index contributed by atoms with van der Waals surface area (Å²) in [5.41, 5.74) is -0.379. The van der Waals surface area contributed by atoms with Crippen molar-refractivity contribution in [2.75, 3.05) is 6.54 Å². The van der Waals surface area contributed by atoms with Crippen molar-refractivity contribution in [1.82, 2.24) is 20.4 Å². The Morgan fingerprint density at radius 1 is 1.33 bits per heavy atom. The molecule has 1 saturated heterocycles. The minimum atomic E-state index is -0.924. The van der Waals surface area contributed by atoms with E-state index >= 15 is 0 Å². The standard InChI is InChI=1S/C20H21FN4O5/c1-12-4-2-3-9-20(12)18(27)25(19(28)23-20)10-16(26)29-11-15-22-17(24-30-15)13-5-7-14(21)8-6-13/h5-8,12H,2-4,9-11H2,1H3,(H,23,28)/t12-,20+/m0/s1. The third-order valence-corrected chi connectivity index (χ3v) is 5.72. The number of carbonyl (C=O) groups excluding carboxylic acids is 3. The molecule has 9 nitrogen and oxygen atoms in total. The van der Waals surface area contributed by atoms with Crippen LogP contribution in [-0.2, 0) is 20.9 Å². The number of carbonyl (C=O) groups is 3. The maximum atomic E-state index is 13.0. The molecule has 1 aliphatic heterocycles. The first kappa shape index (κ1) is 20.0. The fourth-order valence-corrected chi connectivity index (χ4v) is 3.99. The normalized spacial score (nSPS) is 23.7. The zero-order chi connectivity index (χ0) is 21.3. The molecule has 1 N–H and O–H groups in total. The van der Waals surface area contributed by atoms with Gasteiger partial charge in [-0.15, -0.1) is 0 Å². The highest BCUT2D eigenvalue weighted by molar-refractivity contribution is 6.08. The molecule has 1 spiro atoms. The van der Waals surface area contributed by atoms with Gasteiger partial charge in [0.15, 0.2) is 6.61 Å². The average molecular weight is 416 g/mol. The molecule has 0 radical (unpaired) electrons. The molecular formula is C20H21FN4O5. The van der Waals surface area contributed by atoms with Gasteiger partial charge in [-0.05, 0) is 43.0 Å². The molecule has 158 valence electrons. The zero-order valence-electron chi connectivity index (χ0n) is 16.4. The Morgan fingerprint density at radius 2 is 2.10 bits per heavy atom. The number of halogens is 1. The molecule has 2 aliphatic rings. The molecular weight excluding hydrogens is 395 g/mol. The molecule has 2 fully saturated rings. The van der Waals surface area contributed by atoms with Crippen molar-refractivity contribution in [3.8, 4) is 11.4 Å². The van der Waals surface area contributed by atoms with Crippen LogP contribution < -0.4 is 5.32 Å². The summed E-state index contributed by atoms with van der Waals surface area (Å²) < 4.78 is 23.1. The van der Waals surface area contributed by atoms with Gasteiger partial charge in [0.05, 0.1) is 0 Å². The Balaban J connectivity index is 1.35. The third kappa shape index (κ3) is 3.64. The van der Waals surface area contributed by atoms with Crippen LogP contribution in [-0.4, -0.2) is 45.0 Å². The number of imide groups is 1. The maximum absolute atomic E-state index is 13.0. The molecule has 1 aliphatic carbocycles. The average Bonchev–Trinajstić information content (AvgIpc) is 3.29. The highest BCUT2D eigenvalue weighted by Crippen LogP contribution is 2.38. The van der Waals surface area contributed by atoms with E-state index in [1.54, 1.807) is 0 Å². The Kier molecular flexibility index (Phi) is 5.23. The Labute approximate surface area is 171 Å². The minimum Gasteiger partial charge on any atom is -0.454 e. The van der Waals surface area contributed by atoms with Crippen LogP contribution >= 0.6 is 0 Å². The number of benzene rings is 1. The van der Waals surface area contributed by atoms with Crippen molar-refractivity contribution in [2.24, 2.45) is 5.92 Å². The lowest BCUT2D eigenvalue weighted by atomic mass is 9.73. The summed E-state index contributed by atoms with van der Waals surface area (Å²) >= 11 is 0. The number of nitrogens with zero attached hydrogens (tertiary/aromatic N) is 3. The molecule has 4 rings (SSSR count). The van der Waals surface area contributed by atoms with Crippen molar-refractivity contribution < 1.29 is 28.0 Å². The Bertz CT molecular complexity index is 976. The van der Waals surface area contributed by atoms with Gasteiger partial charge >= 0.3 is 12.0 Å². The topological polar surface area (TPSA) is 115 Å². The van der Waals surface area contributed by atoms with Gasteiger partial charge in [-0.1, -0.05) is 24.9 Å². The zero-order valence-corrected chi connectivity index (χ0v) is 16.4. The highest BCUT2D eigenvalue weighted by atomic mass is 19.1. The van der Waals surface area contributed by atoms with E-state index in [-0.39, 0.29) is 36.0 Å². The predicted octanol–water partition coefficient (Wildman–Crippen LogP) is 2.42. The second-order valence-electron chi connectivity index (χ2n) is 7.62. The van der Waals surface area contributed by atoms with Crippen LogP contribution in [0.4, 0.5) is 9.18 Å². The first-order chi connectivity index (χ1) is 14.4. The summed E-state index contributed by atoms with van der Waals surface area (Å²) in [6, 6.07) is 4.94. The van der Waals surface area contributed by atoms with E-state index in [0.717, 1.165) is 24.2 Å². The van der Waals surface area contributed by atoms with E-state index in [4.69, 9.17) is 9.26 Å². The van der Waals surface area contributed by atoms with Crippen LogP contribution in [0.1, 0.15) is 38.5 Å². The number of amides is 3. The van der Waals surface area contributed by atoms with Crippen LogP contribution in [0.15, 0.2) is 28.8 Å². The lowest BCUT2D eigenvalue weighted by Gasteiger charge is -2.36. The smallest absolute Gasteiger partial charge is 0.326 e. The van der Waals surface area contributed by atoms with Crippen molar-refractivity contribution in [3.63, 3.8) is 0 Å². The maximum Gasteiger partial charge on any atom is 0.326 e. The summed E-state index contributed by atoms with van der Waals surface area (Å²) in [4.78, 5) is 42.4. The van der Waals surface area contributed by atoms with E-state index in [0.29, 0.717) is 12.0 Å². The summed E-state index contributed by atoms with van der Waals surface area (Å²) in [7, 11) is 0. The first-order valence-electron chi connectivity index (χ1n) is 9.77. The van der Waals surface area contributed by atoms with Crippen LogP contribution in [0.25, 0.3) is 11.4 Å². The highest BCUT2D eigenvalue weighted by Gasteiger charge is 2.55. The van der Waals surface area contributed by atoms with Gasteiger partial charge in [0.2, 0.25) is 5.82 Å². The number of aromatic nitrogens is 2. The number of nitrogens with one attached hydrogen (secondary N) is 1. The lowest BCUT2D eigenvalue weighted by Crippen LogP contribution is -2.54. The van der Waals surface area contributed by atoms with Gasteiger partial charge in [-0.3, -0.25) is 14.5 Å². The number of hydrogen-bond donors (Lipinski definition) is 1. The monoisotopic (exact) mass is 416 g/mol. The van der Waals surface area contributed by atoms with Gasteiger partial charge < -0.3 is 14.6 Å². The van der Waals surface area contributed by atoms with Crippen LogP contribution in [0, 0.1) is 11.7 Å². The van der Waals surface area contributed by atoms with E-state index in [1.165, 1.54) is 24.3 Å². The van der Waals surface area contributed by atoms with Crippen molar-refractivity contribution in [3.05, 3.63) is 36.0 Å². The van der Waals surface area contributed by atoms with Crippen LogP contribution in [0.5, 0.6) is 0 Å². The Morgan fingerprint density at radius 3 is 2.83 bits per heavy atom. The van der Waals surface area contributed by atoms with E-state index in [9.17, 15) is 18.8 Å². The molecule has 30 heavy (non-hydrogen) atoms. The van der Waals surface area contributed by atoms with Gasteiger partial charge in [0.1, 0.15) is 17.9 Å². The number of esters is 1. The van der Waals surface area contributed by atoms with Crippen LogP contribution in [0.3, 0.4) is 0 Å². The van der Waals surface area contributed by atoms with Gasteiger partial charge in [0, 0.05) is 5.56 Å². The molecule has 10 heteroatoms. The molecule has 2 heterocycles. The molecule has 2 aromatic rings. The van der Waals surface area contributed by atoms with Gasteiger partial charge in [-0.2, -0.15) is 4.98 Å². The predicted molar refractivity (Wildman–Crippen MR) is 100 cm³/mol. The second kappa shape index (κ2) is 7.85. The lowest BCUT2D eigenvalue weighted by molar-refractivity contribution is -0.150. The fraction of sp³-hybridized carbons (Fsp3) is 0.450. The van der Waals surface area contributed by atoms with Crippen molar-refractivity contribution in [1.29, 1.82) is 0 Å². The molecule has 3 amide bonds. The quantitative estimate of drug-likeness (QED) is 0.588. The number of ether oxygens (including phenoxy) is 1. The molecule has 1 aromatic carbocycles. The van der Waals surface area contributed by atoms with Gasteiger partial charge in [0.25, 0.3) is 11.8 Å². The molecule has 1 saturated carbocycles. The Hall–Kier alpha value is -3.30. The fourth-order valence-electron chi connectivity index (χ4n) is 3.99. The summed E-state index contributed by atoms with van der Waals surface area (Å²) in [5.74, 6) is -1.26. The minimum absolute atomic E-state index is 0.00648. The number of rotatable bonds is 5. The molecule has 1 aromatic heterocycles. The SMILES string of the molecule is C[C@H]1CCCC[C@@]12NC(=O)N(CC(=O)OCc1nc(-c3ccc(F)cc3)no1)C2=O. The molecule has 0 bridgehead atoms. The second-order valence-corrected chi connectivity index (χ2v) is 7.62. The van der Waals surface area contributed by atoms with E-state index in [2.05, 4.69) is 15.5 Å². The van der Waals surface area contributed by atoms with E-state index < -0.39 is 24.1 Å². The summed E-state index contributed by atoms with van der Waals surface area (Å²) in [6.07, 6.45) is 3.27. The molecule has 2 atom stereocenters. The third-order valence-electron chi connectivity index (χ3n) is 5.72. The number of urea groups is 1. The largest absolute Gasteiger partial charge is 0.454 e. The number of hydrogen-bond acceptors (Lipinski definition) is 7. The van der Waals surface area contributed by atoms with E-state index in [1.807, 2.05) is 6.92 Å². The summed E-state index contributed by atoms with van der Waals surface area (Å²) in [6.45, 7) is 1.14.